The Balaban J connectivity index is 2.50. The van der Waals surface area contributed by atoms with Crippen molar-refractivity contribution < 1.29 is 9.13 Å². The molecule has 2 rings (SSSR count). The van der Waals surface area contributed by atoms with Gasteiger partial charge in [0.25, 0.3) is 0 Å². The zero-order chi connectivity index (χ0) is 12.5. The van der Waals surface area contributed by atoms with Crippen molar-refractivity contribution in [3.05, 3.63) is 42.1 Å². The van der Waals surface area contributed by atoms with Crippen molar-refractivity contribution in [3.8, 4) is 5.88 Å². The van der Waals surface area contributed by atoms with Crippen LogP contribution in [0.3, 0.4) is 0 Å². The molecular formula is C11H11ClFN3O. The predicted octanol–water partition coefficient (Wildman–Crippen LogP) is 1.67. The van der Waals surface area contributed by atoms with Gasteiger partial charge >= 0.3 is 0 Å². The molecule has 2 unspecified atom stereocenters. The van der Waals surface area contributed by atoms with Crippen LogP contribution in [0, 0.1) is 0 Å². The molecule has 2 atom stereocenters. The van der Waals surface area contributed by atoms with E-state index in [1.807, 2.05) is 0 Å². The lowest BCUT2D eigenvalue weighted by Crippen LogP contribution is -2.42. The van der Waals surface area contributed by atoms with Crippen LogP contribution in [-0.4, -0.2) is 23.1 Å². The molecule has 2 N–H and O–H groups in total. The summed E-state index contributed by atoms with van der Waals surface area (Å²) in [7, 11) is 1.46. The molecule has 0 saturated heterocycles. The van der Waals surface area contributed by atoms with Crippen molar-refractivity contribution in [1.29, 1.82) is 0 Å². The van der Waals surface area contributed by atoms with Crippen LogP contribution in [0.25, 0.3) is 0 Å². The van der Waals surface area contributed by atoms with Gasteiger partial charge in [-0.1, -0.05) is 12.2 Å². The molecule has 1 aliphatic carbocycles. The van der Waals surface area contributed by atoms with Crippen LogP contribution in [0.1, 0.15) is 5.69 Å². The fourth-order valence-corrected chi connectivity index (χ4v) is 1.86. The maximum atomic E-state index is 13.9. The maximum absolute atomic E-state index is 13.9. The van der Waals surface area contributed by atoms with Crippen molar-refractivity contribution in [2.24, 2.45) is 5.73 Å². The third-order valence-corrected chi connectivity index (χ3v) is 3.22. The average molecular weight is 256 g/mol. The topological polar surface area (TPSA) is 61.0 Å². The lowest BCUT2D eigenvalue weighted by atomic mass is 9.90. The Kier molecular flexibility index (Phi) is 3.13. The van der Waals surface area contributed by atoms with Crippen LogP contribution in [0.5, 0.6) is 5.88 Å². The van der Waals surface area contributed by atoms with Gasteiger partial charge in [-0.05, 0) is 6.08 Å². The van der Waals surface area contributed by atoms with E-state index < -0.39 is 16.7 Å². The van der Waals surface area contributed by atoms with E-state index >= 15 is 0 Å². The highest BCUT2D eigenvalue weighted by molar-refractivity contribution is 6.26. The number of allylic oxidation sites excluding steroid dienone is 2. The molecule has 1 heterocycles. The molecule has 1 aromatic heterocycles. The lowest BCUT2D eigenvalue weighted by Gasteiger charge is -2.31. The number of ether oxygens (including phenoxy) is 1. The zero-order valence-electron chi connectivity index (χ0n) is 9.10. The highest BCUT2D eigenvalue weighted by atomic mass is 35.5. The summed E-state index contributed by atoms with van der Waals surface area (Å²) in [6.07, 6.45) is 5.67. The SMILES string of the molecule is COc1cc(C2(Cl)C(F)=CC=CC2N)ncn1. The largest absolute Gasteiger partial charge is 0.481 e. The van der Waals surface area contributed by atoms with Gasteiger partial charge in [0, 0.05) is 6.07 Å². The number of methoxy groups -OCH3 is 1. The van der Waals surface area contributed by atoms with Gasteiger partial charge in [-0.25, -0.2) is 14.4 Å². The van der Waals surface area contributed by atoms with Crippen molar-refractivity contribution in [2.45, 2.75) is 10.9 Å². The molecule has 0 radical (unpaired) electrons. The minimum absolute atomic E-state index is 0.275. The Morgan fingerprint density at radius 3 is 2.94 bits per heavy atom. The van der Waals surface area contributed by atoms with Crippen LogP contribution >= 0.6 is 11.6 Å². The summed E-state index contributed by atoms with van der Waals surface area (Å²) in [4.78, 5) is 6.31. The summed E-state index contributed by atoms with van der Waals surface area (Å²) >= 11 is 6.26. The molecule has 0 aliphatic heterocycles. The summed E-state index contributed by atoms with van der Waals surface area (Å²) in [5.74, 6) is -0.237. The van der Waals surface area contributed by atoms with Crippen LogP contribution in [0.15, 0.2) is 36.4 Å². The van der Waals surface area contributed by atoms with Crippen molar-refractivity contribution in [2.75, 3.05) is 7.11 Å². The Hall–Kier alpha value is -1.46. The second-order valence-corrected chi connectivity index (χ2v) is 4.18. The van der Waals surface area contributed by atoms with E-state index in [0.717, 1.165) is 0 Å². The second-order valence-electron chi connectivity index (χ2n) is 3.58. The van der Waals surface area contributed by atoms with Gasteiger partial charge in [-0.2, -0.15) is 0 Å². The van der Waals surface area contributed by atoms with E-state index in [2.05, 4.69) is 9.97 Å². The summed E-state index contributed by atoms with van der Waals surface area (Å²) in [6, 6.07) is 0.771. The summed E-state index contributed by atoms with van der Waals surface area (Å²) in [5, 5.41) is 0. The van der Waals surface area contributed by atoms with E-state index in [0.29, 0.717) is 5.88 Å². The fourth-order valence-electron chi connectivity index (χ4n) is 1.62. The maximum Gasteiger partial charge on any atom is 0.216 e. The van der Waals surface area contributed by atoms with Gasteiger partial charge in [0.15, 0.2) is 4.87 Å². The first-order chi connectivity index (χ1) is 8.09. The highest BCUT2D eigenvalue weighted by Gasteiger charge is 2.43. The minimum atomic E-state index is -1.50. The third kappa shape index (κ3) is 1.92. The summed E-state index contributed by atoms with van der Waals surface area (Å²) < 4.78 is 18.9. The molecule has 4 nitrogen and oxygen atoms in total. The van der Waals surface area contributed by atoms with E-state index in [-0.39, 0.29) is 5.69 Å². The Labute approximate surface area is 103 Å². The monoisotopic (exact) mass is 255 g/mol. The Morgan fingerprint density at radius 2 is 2.29 bits per heavy atom. The van der Waals surface area contributed by atoms with Crippen molar-refractivity contribution in [3.63, 3.8) is 0 Å². The summed E-state index contributed by atoms with van der Waals surface area (Å²) in [6.45, 7) is 0. The molecule has 0 bridgehead atoms. The second kappa shape index (κ2) is 4.43. The van der Waals surface area contributed by atoms with Gasteiger partial charge in [-0.15, -0.1) is 11.6 Å². The molecule has 90 valence electrons. The molecule has 0 aromatic carbocycles. The van der Waals surface area contributed by atoms with Crippen LogP contribution in [0.2, 0.25) is 0 Å². The zero-order valence-corrected chi connectivity index (χ0v) is 9.86. The number of hydrogen-bond donors (Lipinski definition) is 1. The lowest BCUT2D eigenvalue weighted by molar-refractivity contribution is 0.392. The summed E-state index contributed by atoms with van der Waals surface area (Å²) in [5.41, 5.74) is 6.10. The number of aromatic nitrogens is 2. The van der Waals surface area contributed by atoms with Crippen molar-refractivity contribution >= 4 is 11.6 Å². The Morgan fingerprint density at radius 1 is 1.53 bits per heavy atom. The predicted molar refractivity (Wildman–Crippen MR) is 62.4 cm³/mol. The van der Waals surface area contributed by atoms with Gasteiger partial charge in [-0.3, -0.25) is 0 Å². The molecule has 6 heteroatoms. The molecule has 1 aliphatic rings. The van der Waals surface area contributed by atoms with Gasteiger partial charge in [0.1, 0.15) is 12.2 Å². The number of nitrogens with two attached hydrogens (primary N) is 1. The van der Waals surface area contributed by atoms with E-state index in [9.17, 15) is 4.39 Å². The third-order valence-electron chi connectivity index (χ3n) is 2.59. The first-order valence-electron chi connectivity index (χ1n) is 4.94. The number of nitrogens with zero attached hydrogens (tertiary/aromatic N) is 2. The standard InChI is InChI=1S/C11H11ClFN3O/c1-17-10-5-9(15-6-16-10)11(12)7(13)3-2-4-8(11)14/h2-6,8H,14H2,1H3. The quantitative estimate of drug-likeness (QED) is 0.817. The van der Waals surface area contributed by atoms with Crippen LogP contribution in [-0.2, 0) is 4.87 Å². The smallest absolute Gasteiger partial charge is 0.216 e. The number of halogens is 2. The molecular weight excluding hydrogens is 245 g/mol. The first kappa shape index (κ1) is 12.0. The highest BCUT2D eigenvalue weighted by Crippen LogP contribution is 2.41. The number of alkyl halides is 1. The molecule has 0 amide bonds. The molecule has 0 spiro atoms. The molecule has 1 aromatic rings. The van der Waals surface area contributed by atoms with Gasteiger partial charge in [0.2, 0.25) is 5.88 Å². The Bertz CT molecular complexity index is 491. The van der Waals surface area contributed by atoms with E-state index in [1.165, 1.54) is 31.7 Å². The van der Waals surface area contributed by atoms with E-state index in [1.54, 1.807) is 6.08 Å². The first-order valence-corrected chi connectivity index (χ1v) is 5.32. The van der Waals surface area contributed by atoms with E-state index in [4.69, 9.17) is 22.1 Å². The average Bonchev–Trinajstić information content (AvgIpc) is 2.36. The number of hydrogen-bond acceptors (Lipinski definition) is 4. The molecule has 0 saturated carbocycles. The molecule has 0 fully saturated rings. The van der Waals surface area contributed by atoms with Gasteiger partial charge in [0.05, 0.1) is 18.8 Å². The fraction of sp³-hybridized carbons (Fsp3) is 0.273. The molecule has 17 heavy (non-hydrogen) atoms. The van der Waals surface area contributed by atoms with Crippen LogP contribution in [0.4, 0.5) is 4.39 Å². The minimum Gasteiger partial charge on any atom is -0.481 e. The van der Waals surface area contributed by atoms with Crippen LogP contribution < -0.4 is 10.5 Å². The number of rotatable bonds is 2. The van der Waals surface area contributed by atoms with Gasteiger partial charge < -0.3 is 10.5 Å². The van der Waals surface area contributed by atoms with Crippen molar-refractivity contribution in [1.82, 2.24) is 9.97 Å². The normalized spacial score (nSPS) is 27.8.